The van der Waals surface area contributed by atoms with E-state index in [9.17, 15) is 50.1 Å². The summed E-state index contributed by atoms with van der Waals surface area (Å²) in [5.41, 5.74) is -2.88. The van der Waals surface area contributed by atoms with Gasteiger partial charge >= 0.3 is 35.3 Å². The molecule has 4 atom stereocenters. The fourth-order valence-electron chi connectivity index (χ4n) is 3.03. The largest absolute Gasteiger partial charge is 0.422 e. The third-order valence-electron chi connectivity index (χ3n) is 4.45. The molecule has 1 saturated carbocycles. The standard InChI is InChI=1S/C12H14O13/c13-3-1-9(19)2-4(14)24-11(21)7(17)5(15)6(16)10(20,23-3)12(11,22)25-8(9)18/h5-7,15-17,19-22H,1-2H2/t5?,6-,7-,9?,10-,11-,12?/m1/s1. The zero-order valence-electron chi connectivity index (χ0n) is 12.2. The van der Waals surface area contributed by atoms with E-state index in [1.165, 1.54) is 0 Å². The molecule has 0 unspecified atom stereocenters. The second-order valence-electron chi connectivity index (χ2n) is 6.14. The molecule has 3 aliphatic rings. The minimum Gasteiger partial charge on any atom is -0.422 e. The average molecular weight is 366 g/mol. The third-order valence-corrected chi connectivity index (χ3v) is 4.45. The lowest BCUT2D eigenvalue weighted by atomic mass is 9.75. The minimum absolute atomic E-state index is 1.25. The van der Waals surface area contributed by atoms with Crippen molar-refractivity contribution in [2.75, 3.05) is 0 Å². The molecule has 3 fully saturated rings. The SMILES string of the molecule is O=C1CC2(O)CC(=O)O[C@]3(O)[C@H](O)C(O)[C@@H](O)[C@@](O)(O1)C3(O)OC2=O. The molecule has 2 heterocycles. The van der Waals surface area contributed by atoms with Crippen molar-refractivity contribution in [1.29, 1.82) is 0 Å². The van der Waals surface area contributed by atoms with E-state index in [0.29, 0.717) is 0 Å². The van der Waals surface area contributed by atoms with E-state index >= 15 is 0 Å². The van der Waals surface area contributed by atoms with Crippen molar-refractivity contribution in [1.82, 2.24) is 0 Å². The molecule has 13 heteroatoms. The second-order valence-corrected chi connectivity index (χ2v) is 6.14. The predicted octanol–water partition coefficient (Wildman–Crippen LogP) is -5.68. The van der Waals surface area contributed by atoms with Crippen LogP contribution in [0.25, 0.3) is 0 Å². The lowest BCUT2D eigenvalue weighted by Crippen LogP contribution is -2.87. The number of fused-ring (bicyclic) bond motifs is 2. The van der Waals surface area contributed by atoms with Gasteiger partial charge in [-0.25, -0.2) is 4.79 Å². The molecular weight excluding hydrogens is 352 g/mol. The van der Waals surface area contributed by atoms with E-state index in [4.69, 9.17) is 0 Å². The molecule has 0 aromatic heterocycles. The highest BCUT2D eigenvalue weighted by Gasteiger charge is 2.83. The number of aliphatic hydroxyl groups excluding tert-OH is 3. The van der Waals surface area contributed by atoms with Gasteiger partial charge in [0.15, 0.2) is 17.8 Å². The van der Waals surface area contributed by atoms with Crippen LogP contribution in [0, 0.1) is 0 Å². The zero-order valence-corrected chi connectivity index (χ0v) is 12.2. The molecule has 0 aromatic rings. The van der Waals surface area contributed by atoms with Crippen molar-refractivity contribution in [2.45, 2.75) is 54.1 Å². The van der Waals surface area contributed by atoms with Gasteiger partial charge in [0.1, 0.15) is 6.10 Å². The smallest absolute Gasteiger partial charge is 0.349 e. The molecule has 0 spiro atoms. The Morgan fingerprint density at radius 2 is 1.16 bits per heavy atom. The average Bonchev–Trinajstić information content (AvgIpc) is 2.48. The van der Waals surface area contributed by atoms with Crippen LogP contribution in [0.3, 0.4) is 0 Å². The van der Waals surface area contributed by atoms with Crippen LogP contribution in [0.15, 0.2) is 0 Å². The molecule has 0 aromatic carbocycles. The second kappa shape index (κ2) is 4.85. The fraction of sp³-hybridized carbons (Fsp3) is 0.750. The molecule has 3 rings (SSSR count). The van der Waals surface area contributed by atoms with Crippen LogP contribution in [0.2, 0.25) is 0 Å². The van der Waals surface area contributed by atoms with Crippen molar-refractivity contribution in [3.63, 3.8) is 0 Å². The summed E-state index contributed by atoms with van der Waals surface area (Å²) in [6, 6.07) is 0. The number of ether oxygens (including phenoxy) is 3. The lowest BCUT2D eigenvalue weighted by molar-refractivity contribution is -0.509. The first-order valence-electron chi connectivity index (χ1n) is 6.91. The Hall–Kier alpha value is -1.87. The molecule has 13 nitrogen and oxygen atoms in total. The van der Waals surface area contributed by atoms with Crippen molar-refractivity contribution in [3.05, 3.63) is 0 Å². The van der Waals surface area contributed by atoms with Gasteiger partial charge in [0.2, 0.25) is 0 Å². The summed E-state index contributed by atoms with van der Waals surface area (Å²) in [5.74, 6) is -16.6. The number of hydrogen-bond donors (Lipinski definition) is 7. The summed E-state index contributed by atoms with van der Waals surface area (Å²) < 4.78 is 13.3. The van der Waals surface area contributed by atoms with Crippen molar-refractivity contribution in [3.8, 4) is 0 Å². The van der Waals surface area contributed by atoms with E-state index in [2.05, 4.69) is 14.2 Å². The monoisotopic (exact) mass is 366 g/mol. The maximum Gasteiger partial charge on any atom is 0.349 e. The number of esters is 3. The topological polar surface area (TPSA) is 221 Å². The first-order valence-corrected chi connectivity index (χ1v) is 6.91. The van der Waals surface area contributed by atoms with Crippen LogP contribution >= 0.6 is 0 Å². The molecule has 0 radical (unpaired) electrons. The molecule has 140 valence electrons. The highest BCUT2D eigenvalue weighted by atomic mass is 16.8. The van der Waals surface area contributed by atoms with Crippen LogP contribution in [0.4, 0.5) is 0 Å². The Bertz CT molecular complexity index is 619. The zero-order chi connectivity index (χ0) is 19.0. The molecule has 2 saturated heterocycles. The van der Waals surface area contributed by atoms with Crippen molar-refractivity contribution in [2.24, 2.45) is 0 Å². The predicted molar refractivity (Wildman–Crippen MR) is 65.3 cm³/mol. The third kappa shape index (κ3) is 1.99. The molecule has 0 amide bonds. The van der Waals surface area contributed by atoms with Gasteiger partial charge in [0.25, 0.3) is 0 Å². The summed E-state index contributed by atoms with van der Waals surface area (Å²) in [6.45, 7) is 0. The van der Waals surface area contributed by atoms with Gasteiger partial charge < -0.3 is 50.0 Å². The van der Waals surface area contributed by atoms with Gasteiger partial charge in [0, 0.05) is 0 Å². The Balaban J connectivity index is 2.31. The van der Waals surface area contributed by atoms with Crippen LogP contribution in [-0.4, -0.2) is 94.9 Å². The molecule has 2 bridgehead atoms. The normalized spacial score (nSPS) is 52.9. The van der Waals surface area contributed by atoms with E-state index in [-0.39, 0.29) is 0 Å². The Morgan fingerprint density at radius 3 is 1.56 bits per heavy atom. The highest BCUT2D eigenvalue weighted by Crippen LogP contribution is 2.50. The number of rotatable bonds is 0. The van der Waals surface area contributed by atoms with Crippen LogP contribution < -0.4 is 0 Å². The van der Waals surface area contributed by atoms with Gasteiger partial charge in [-0.15, -0.1) is 0 Å². The summed E-state index contributed by atoms with van der Waals surface area (Å²) in [6.07, 6.45) is -10.4. The molecule has 1 aliphatic carbocycles. The van der Waals surface area contributed by atoms with Crippen molar-refractivity contribution < 1.29 is 64.3 Å². The molecular formula is C12H14O13. The highest BCUT2D eigenvalue weighted by molar-refractivity contribution is 5.91. The van der Waals surface area contributed by atoms with E-state index in [0.717, 1.165) is 0 Å². The summed E-state index contributed by atoms with van der Waals surface area (Å²) in [4.78, 5) is 35.9. The fourth-order valence-corrected chi connectivity index (χ4v) is 3.03. The van der Waals surface area contributed by atoms with E-state index in [1.54, 1.807) is 0 Å². The number of aliphatic hydroxyl groups is 7. The first kappa shape index (κ1) is 17.9. The first-order chi connectivity index (χ1) is 11.3. The maximum absolute atomic E-state index is 12.1. The number of hydrogen-bond acceptors (Lipinski definition) is 13. The van der Waals surface area contributed by atoms with E-state index in [1.807, 2.05) is 0 Å². The maximum atomic E-state index is 12.1. The van der Waals surface area contributed by atoms with Crippen LogP contribution in [0.5, 0.6) is 0 Å². The van der Waals surface area contributed by atoms with Crippen molar-refractivity contribution >= 4 is 17.9 Å². The van der Waals surface area contributed by atoms with Crippen LogP contribution in [0.1, 0.15) is 12.8 Å². The minimum atomic E-state index is -3.99. The van der Waals surface area contributed by atoms with Gasteiger partial charge in [-0.05, 0) is 0 Å². The molecule has 25 heavy (non-hydrogen) atoms. The van der Waals surface area contributed by atoms with Gasteiger partial charge in [-0.1, -0.05) is 0 Å². The number of carbonyl (C=O) groups excluding carboxylic acids is 3. The Morgan fingerprint density at radius 1 is 0.760 bits per heavy atom. The van der Waals surface area contributed by atoms with Gasteiger partial charge in [-0.2, -0.15) is 0 Å². The summed E-state index contributed by atoms with van der Waals surface area (Å²) in [7, 11) is 0. The molecule has 2 aliphatic heterocycles. The van der Waals surface area contributed by atoms with Gasteiger partial charge in [0.05, 0.1) is 12.8 Å². The summed E-state index contributed by atoms with van der Waals surface area (Å²) >= 11 is 0. The Kier molecular flexibility index (Phi) is 3.48. The quantitative estimate of drug-likeness (QED) is 0.157. The van der Waals surface area contributed by atoms with Crippen LogP contribution in [-0.2, 0) is 28.6 Å². The molecule has 7 N–H and O–H groups in total. The lowest BCUT2D eigenvalue weighted by Gasteiger charge is -2.57. The van der Waals surface area contributed by atoms with E-state index < -0.39 is 72.0 Å². The van der Waals surface area contributed by atoms with Gasteiger partial charge in [-0.3, -0.25) is 9.59 Å². The Labute approximate surface area is 137 Å². The number of carbonyl (C=O) groups is 3. The summed E-state index contributed by atoms with van der Waals surface area (Å²) in [5, 5.41) is 71.2.